The predicted molar refractivity (Wildman–Crippen MR) is 79.4 cm³/mol. The van der Waals surface area contributed by atoms with E-state index in [1.807, 2.05) is 24.3 Å². The van der Waals surface area contributed by atoms with Gasteiger partial charge in [0.25, 0.3) is 0 Å². The molecule has 0 radical (unpaired) electrons. The van der Waals surface area contributed by atoms with Gasteiger partial charge in [0.1, 0.15) is 0 Å². The van der Waals surface area contributed by atoms with E-state index in [0.29, 0.717) is 4.90 Å². The highest BCUT2D eigenvalue weighted by Gasteiger charge is 2.25. The lowest BCUT2D eigenvalue weighted by Crippen LogP contribution is -2.34. The lowest BCUT2D eigenvalue weighted by atomic mass is 9.95. The van der Waals surface area contributed by atoms with Crippen molar-refractivity contribution in [2.75, 3.05) is 12.3 Å². The molecular weight excluding hydrogens is 270 g/mol. The maximum atomic E-state index is 12.5. The van der Waals surface area contributed by atoms with Crippen LogP contribution in [-0.4, -0.2) is 20.7 Å². The molecule has 0 saturated heterocycles. The van der Waals surface area contributed by atoms with Crippen LogP contribution in [0, 0.1) is 0 Å². The topological polar surface area (TPSA) is 46.2 Å². The van der Waals surface area contributed by atoms with Crippen molar-refractivity contribution in [1.82, 2.24) is 5.32 Å². The molecule has 20 heavy (non-hydrogen) atoms. The van der Waals surface area contributed by atoms with Gasteiger partial charge >= 0.3 is 0 Å². The summed E-state index contributed by atoms with van der Waals surface area (Å²) in [5, 5.41) is 3.32. The zero-order valence-corrected chi connectivity index (χ0v) is 11.9. The molecule has 1 N–H and O–H groups in total. The van der Waals surface area contributed by atoms with Crippen molar-refractivity contribution >= 4 is 9.84 Å². The van der Waals surface area contributed by atoms with Crippen molar-refractivity contribution in [3.63, 3.8) is 0 Å². The lowest BCUT2D eigenvalue weighted by Gasteiger charge is -2.26. The highest BCUT2D eigenvalue weighted by Crippen LogP contribution is 2.25. The van der Waals surface area contributed by atoms with Gasteiger partial charge in [0, 0.05) is 6.04 Å². The van der Waals surface area contributed by atoms with Crippen LogP contribution in [0.5, 0.6) is 0 Å². The SMILES string of the molecule is O=S(=O)(CC1NCCc2ccccc21)c1ccccc1. The van der Waals surface area contributed by atoms with E-state index in [0.717, 1.165) is 18.5 Å². The zero-order chi connectivity index (χ0) is 14.0. The Balaban J connectivity index is 1.90. The van der Waals surface area contributed by atoms with E-state index >= 15 is 0 Å². The molecular formula is C16H17NO2S. The van der Waals surface area contributed by atoms with Crippen molar-refractivity contribution in [1.29, 1.82) is 0 Å². The molecule has 0 fully saturated rings. The van der Waals surface area contributed by atoms with Crippen molar-refractivity contribution < 1.29 is 8.42 Å². The highest BCUT2D eigenvalue weighted by molar-refractivity contribution is 7.91. The van der Waals surface area contributed by atoms with Crippen LogP contribution in [0.2, 0.25) is 0 Å². The molecule has 1 aliphatic rings. The third-order valence-corrected chi connectivity index (χ3v) is 5.47. The first-order chi connectivity index (χ1) is 9.67. The Morgan fingerprint density at radius 2 is 1.70 bits per heavy atom. The second kappa shape index (κ2) is 5.38. The number of benzene rings is 2. The Labute approximate surface area is 119 Å². The Bertz CT molecular complexity index is 695. The molecule has 104 valence electrons. The van der Waals surface area contributed by atoms with Gasteiger partial charge in [-0.1, -0.05) is 42.5 Å². The maximum absolute atomic E-state index is 12.5. The summed E-state index contributed by atoms with van der Waals surface area (Å²) in [5.74, 6) is 0.105. The summed E-state index contributed by atoms with van der Waals surface area (Å²) in [6.45, 7) is 0.825. The van der Waals surface area contributed by atoms with E-state index in [-0.39, 0.29) is 11.8 Å². The van der Waals surface area contributed by atoms with E-state index in [4.69, 9.17) is 0 Å². The summed E-state index contributed by atoms with van der Waals surface area (Å²) in [6.07, 6.45) is 0.956. The summed E-state index contributed by atoms with van der Waals surface area (Å²) in [4.78, 5) is 0.393. The standard InChI is InChI=1S/C16H17NO2S/c18-20(19,14-7-2-1-3-8-14)12-16-15-9-5-4-6-13(15)10-11-17-16/h1-9,16-17H,10-12H2. The van der Waals surface area contributed by atoms with Crippen LogP contribution in [0.15, 0.2) is 59.5 Å². The van der Waals surface area contributed by atoms with Gasteiger partial charge in [0.05, 0.1) is 10.6 Å². The van der Waals surface area contributed by atoms with Gasteiger partial charge in [-0.15, -0.1) is 0 Å². The van der Waals surface area contributed by atoms with Crippen molar-refractivity contribution in [3.8, 4) is 0 Å². The van der Waals surface area contributed by atoms with Gasteiger partial charge in [0.2, 0.25) is 0 Å². The predicted octanol–water partition coefficient (Wildman–Crippen LogP) is 2.35. The van der Waals surface area contributed by atoms with Crippen molar-refractivity contribution in [3.05, 3.63) is 65.7 Å². The Kier molecular flexibility index (Phi) is 3.59. The number of sulfone groups is 1. The first-order valence-electron chi connectivity index (χ1n) is 6.76. The number of fused-ring (bicyclic) bond motifs is 1. The summed E-state index contributed by atoms with van der Waals surface area (Å²) in [6, 6.07) is 16.6. The minimum atomic E-state index is -3.27. The molecule has 1 atom stereocenters. The molecule has 4 heteroatoms. The van der Waals surface area contributed by atoms with Gasteiger partial charge in [-0.3, -0.25) is 0 Å². The molecule has 3 nitrogen and oxygen atoms in total. The number of rotatable bonds is 3. The largest absolute Gasteiger partial charge is 0.309 e. The van der Waals surface area contributed by atoms with Crippen molar-refractivity contribution in [2.45, 2.75) is 17.4 Å². The van der Waals surface area contributed by atoms with Crippen LogP contribution < -0.4 is 5.32 Å². The third kappa shape index (κ3) is 2.62. The number of hydrogen-bond donors (Lipinski definition) is 1. The third-order valence-electron chi connectivity index (χ3n) is 3.70. The fourth-order valence-corrected chi connectivity index (χ4v) is 4.19. The molecule has 3 rings (SSSR count). The Morgan fingerprint density at radius 1 is 1.00 bits per heavy atom. The number of nitrogens with one attached hydrogen (secondary N) is 1. The second-order valence-electron chi connectivity index (χ2n) is 5.05. The Morgan fingerprint density at radius 3 is 2.50 bits per heavy atom. The summed E-state index contributed by atoms with van der Waals surface area (Å²) in [5.41, 5.74) is 2.36. The maximum Gasteiger partial charge on any atom is 0.180 e. The van der Waals surface area contributed by atoms with Crippen LogP contribution >= 0.6 is 0 Å². The van der Waals surface area contributed by atoms with Crippen LogP contribution in [0.3, 0.4) is 0 Å². The first-order valence-corrected chi connectivity index (χ1v) is 8.41. The normalized spacial score (nSPS) is 18.5. The molecule has 0 spiro atoms. The smallest absolute Gasteiger partial charge is 0.180 e. The molecule has 2 aromatic carbocycles. The molecule has 0 bridgehead atoms. The highest BCUT2D eigenvalue weighted by atomic mass is 32.2. The molecule has 0 aromatic heterocycles. The summed E-state index contributed by atoms with van der Waals surface area (Å²) >= 11 is 0. The summed E-state index contributed by atoms with van der Waals surface area (Å²) < 4.78 is 24.9. The van der Waals surface area contributed by atoms with E-state index in [1.165, 1.54) is 5.56 Å². The molecule has 1 unspecified atom stereocenters. The molecule has 1 heterocycles. The van der Waals surface area contributed by atoms with Gasteiger partial charge in [-0.25, -0.2) is 8.42 Å². The fraction of sp³-hybridized carbons (Fsp3) is 0.250. The van der Waals surface area contributed by atoms with Gasteiger partial charge < -0.3 is 5.32 Å². The monoisotopic (exact) mass is 287 g/mol. The molecule has 2 aromatic rings. The molecule has 1 aliphatic heterocycles. The minimum Gasteiger partial charge on any atom is -0.309 e. The minimum absolute atomic E-state index is 0.105. The van der Waals surface area contributed by atoms with Crippen LogP contribution in [0.1, 0.15) is 17.2 Å². The average Bonchev–Trinajstić information content (AvgIpc) is 2.48. The van der Waals surface area contributed by atoms with E-state index in [9.17, 15) is 8.42 Å². The van der Waals surface area contributed by atoms with Gasteiger partial charge in [-0.2, -0.15) is 0 Å². The Hall–Kier alpha value is -1.65. The second-order valence-corrected chi connectivity index (χ2v) is 7.08. The van der Waals surface area contributed by atoms with Gasteiger partial charge in [0.15, 0.2) is 9.84 Å². The van der Waals surface area contributed by atoms with Gasteiger partial charge in [-0.05, 0) is 36.2 Å². The van der Waals surface area contributed by atoms with Crippen LogP contribution in [-0.2, 0) is 16.3 Å². The van der Waals surface area contributed by atoms with E-state index in [2.05, 4.69) is 11.4 Å². The quantitative estimate of drug-likeness (QED) is 0.942. The molecule has 0 aliphatic carbocycles. The average molecular weight is 287 g/mol. The number of hydrogen-bond acceptors (Lipinski definition) is 3. The molecule has 0 amide bonds. The van der Waals surface area contributed by atoms with Crippen LogP contribution in [0.4, 0.5) is 0 Å². The fourth-order valence-electron chi connectivity index (χ4n) is 2.69. The first kappa shape index (κ1) is 13.3. The zero-order valence-electron chi connectivity index (χ0n) is 11.1. The van der Waals surface area contributed by atoms with E-state index < -0.39 is 9.84 Å². The molecule has 0 saturated carbocycles. The van der Waals surface area contributed by atoms with Crippen molar-refractivity contribution in [2.24, 2.45) is 0 Å². The summed E-state index contributed by atoms with van der Waals surface area (Å²) in [7, 11) is -3.27. The lowest BCUT2D eigenvalue weighted by molar-refractivity contribution is 0.526. The van der Waals surface area contributed by atoms with Crippen LogP contribution in [0.25, 0.3) is 0 Å². The van der Waals surface area contributed by atoms with E-state index in [1.54, 1.807) is 24.3 Å².